The van der Waals surface area contributed by atoms with Crippen LogP contribution in [0.1, 0.15) is 97.6 Å². The van der Waals surface area contributed by atoms with Crippen LogP contribution in [0.3, 0.4) is 0 Å². The molecule has 0 amide bonds. The fourth-order valence-electron chi connectivity index (χ4n) is 7.15. The smallest absolute Gasteiger partial charge is 0.120 e. The van der Waals surface area contributed by atoms with Crippen molar-refractivity contribution in [3.63, 3.8) is 0 Å². The zero-order valence-electron chi connectivity index (χ0n) is 24.1. The van der Waals surface area contributed by atoms with Crippen molar-refractivity contribution >= 4 is 27.5 Å². The molecule has 1 aromatic heterocycles. The molecule has 1 saturated heterocycles. The first-order valence-corrected chi connectivity index (χ1v) is 14.3. The van der Waals surface area contributed by atoms with Crippen LogP contribution in [0.2, 0.25) is 0 Å². The van der Waals surface area contributed by atoms with Crippen LogP contribution in [-0.2, 0) is 0 Å². The van der Waals surface area contributed by atoms with Crippen molar-refractivity contribution in [1.29, 1.82) is 0 Å². The monoisotopic (exact) mass is 495 g/mol. The van der Waals surface area contributed by atoms with Crippen molar-refractivity contribution in [1.82, 2.24) is 4.68 Å². The largest absolute Gasteiger partial charge is 0.344 e. The van der Waals surface area contributed by atoms with Gasteiger partial charge in [0.25, 0.3) is 0 Å². The second-order valence-corrected chi connectivity index (χ2v) is 12.4. The van der Waals surface area contributed by atoms with Gasteiger partial charge in [0.15, 0.2) is 0 Å². The second-order valence-electron chi connectivity index (χ2n) is 12.4. The van der Waals surface area contributed by atoms with Crippen LogP contribution in [0.4, 0.5) is 5.69 Å². The van der Waals surface area contributed by atoms with Gasteiger partial charge in [-0.25, -0.2) is 0 Å². The van der Waals surface area contributed by atoms with Gasteiger partial charge in [0.05, 0.1) is 11.0 Å². The van der Waals surface area contributed by atoms with E-state index >= 15 is 0 Å². The van der Waals surface area contributed by atoms with E-state index in [0.717, 1.165) is 19.3 Å². The van der Waals surface area contributed by atoms with Crippen LogP contribution in [0.15, 0.2) is 66.7 Å². The standard InChI is InChI=1S/C34H45N3/c1-9-34(10-2)22-33(7,8)36(31-25(23(3)4)18-15-19-26(31)24(5)6)32(34)35-37-29-20-13-11-16-27(29)28-17-12-14-21-30(28)37/h11-21,23-24,32,35H,9-10,22H2,1-8H3. The third-order valence-corrected chi connectivity index (χ3v) is 9.10. The second kappa shape index (κ2) is 9.42. The maximum atomic E-state index is 4.18. The first-order chi connectivity index (χ1) is 17.6. The molecule has 0 aliphatic carbocycles. The summed E-state index contributed by atoms with van der Waals surface area (Å²) in [5.74, 6) is 0.910. The van der Waals surface area contributed by atoms with E-state index in [-0.39, 0.29) is 17.1 Å². The normalized spacial score (nSPS) is 19.0. The molecule has 1 aliphatic rings. The summed E-state index contributed by atoms with van der Waals surface area (Å²) in [6.45, 7) is 19.1. The van der Waals surface area contributed by atoms with Crippen LogP contribution in [0, 0.1) is 5.41 Å². The number of nitrogens with one attached hydrogen (secondary N) is 1. The third kappa shape index (κ3) is 4.02. The van der Waals surface area contributed by atoms with Gasteiger partial charge in [-0.15, -0.1) is 0 Å². The number of hydrogen-bond acceptors (Lipinski definition) is 2. The van der Waals surface area contributed by atoms with E-state index in [0.29, 0.717) is 11.8 Å². The molecule has 3 nitrogen and oxygen atoms in total. The number of rotatable bonds is 7. The van der Waals surface area contributed by atoms with Gasteiger partial charge >= 0.3 is 0 Å². The molecule has 196 valence electrons. The Kier molecular flexibility index (Phi) is 6.54. The Balaban J connectivity index is 1.78. The Morgan fingerprint density at radius 2 is 1.24 bits per heavy atom. The molecule has 1 atom stereocenters. The Labute approximate surface area is 223 Å². The minimum Gasteiger partial charge on any atom is -0.344 e. The summed E-state index contributed by atoms with van der Waals surface area (Å²) in [6, 6.07) is 24.6. The summed E-state index contributed by atoms with van der Waals surface area (Å²) in [6.07, 6.45) is 3.60. The highest BCUT2D eigenvalue weighted by molar-refractivity contribution is 6.08. The summed E-state index contributed by atoms with van der Waals surface area (Å²) >= 11 is 0. The molecule has 1 aliphatic heterocycles. The molecular formula is C34H45N3. The van der Waals surface area contributed by atoms with E-state index in [1.807, 2.05) is 0 Å². The highest BCUT2D eigenvalue weighted by Crippen LogP contribution is 2.54. The minimum absolute atomic E-state index is 0.0110. The number of nitrogens with zero attached hydrogens (tertiary/aromatic N) is 2. The van der Waals surface area contributed by atoms with Crippen molar-refractivity contribution in [3.05, 3.63) is 77.9 Å². The van der Waals surface area contributed by atoms with Crippen molar-refractivity contribution < 1.29 is 0 Å². The number of para-hydroxylation sites is 3. The van der Waals surface area contributed by atoms with E-state index in [1.165, 1.54) is 38.6 Å². The zero-order valence-corrected chi connectivity index (χ0v) is 24.1. The molecule has 3 heteroatoms. The highest BCUT2D eigenvalue weighted by Gasteiger charge is 2.55. The van der Waals surface area contributed by atoms with E-state index in [1.54, 1.807) is 0 Å². The predicted octanol–water partition coefficient (Wildman–Crippen LogP) is 9.41. The number of hydrogen-bond donors (Lipinski definition) is 1. The lowest BCUT2D eigenvalue weighted by Gasteiger charge is -2.44. The van der Waals surface area contributed by atoms with E-state index < -0.39 is 0 Å². The summed E-state index contributed by atoms with van der Waals surface area (Å²) in [7, 11) is 0. The molecule has 4 aromatic rings. The molecular weight excluding hydrogens is 450 g/mol. The molecule has 1 fully saturated rings. The van der Waals surface area contributed by atoms with Crippen LogP contribution >= 0.6 is 0 Å². The average molecular weight is 496 g/mol. The number of benzene rings is 3. The van der Waals surface area contributed by atoms with E-state index in [9.17, 15) is 0 Å². The summed E-state index contributed by atoms with van der Waals surface area (Å²) < 4.78 is 2.39. The first kappa shape index (κ1) is 25.7. The predicted molar refractivity (Wildman–Crippen MR) is 161 cm³/mol. The van der Waals surface area contributed by atoms with Crippen LogP contribution in [0.5, 0.6) is 0 Å². The van der Waals surface area contributed by atoms with E-state index in [2.05, 4.69) is 137 Å². The zero-order chi connectivity index (χ0) is 26.5. The Morgan fingerprint density at radius 3 is 1.70 bits per heavy atom. The molecule has 37 heavy (non-hydrogen) atoms. The van der Waals surface area contributed by atoms with Gasteiger partial charge < -0.3 is 10.3 Å². The van der Waals surface area contributed by atoms with Crippen LogP contribution in [-0.4, -0.2) is 16.4 Å². The maximum absolute atomic E-state index is 4.18. The molecule has 0 radical (unpaired) electrons. The van der Waals surface area contributed by atoms with Gasteiger partial charge in [0.2, 0.25) is 0 Å². The molecule has 3 aromatic carbocycles. The quantitative estimate of drug-likeness (QED) is 0.275. The fourth-order valence-corrected chi connectivity index (χ4v) is 7.15. The fraction of sp³-hybridized carbons (Fsp3) is 0.471. The number of anilines is 1. The molecule has 1 unspecified atom stereocenters. The number of aromatic nitrogens is 1. The van der Waals surface area contributed by atoms with Crippen LogP contribution < -0.4 is 10.3 Å². The third-order valence-electron chi connectivity index (χ3n) is 9.10. The maximum Gasteiger partial charge on any atom is 0.120 e. The summed E-state index contributed by atoms with van der Waals surface area (Å²) in [4.78, 5) is 2.79. The highest BCUT2D eigenvalue weighted by atomic mass is 15.5. The minimum atomic E-state index is 0.0110. The summed E-state index contributed by atoms with van der Waals surface area (Å²) in [5, 5.41) is 2.61. The van der Waals surface area contributed by atoms with Gasteiger partial charge in [-0.3, -0.25) is 4.68 Å². The van der Waals surface area contributed by atoms with E-state index in [4.69, 9.17) is 0 Å². The van der Waals surface area contributed by atoms with Gasteiger partial charge in [-0.05, 0) is 68.2 Å². The van der Waals surface area contributed by atoms with Crippen molar-refractivity contribution in [2.75, 3.05) is 10.3 Å². The van der Waals surface area contributed by atoms with Crippen molar-refractivity contribution in [2.24, 2.45) is 5.41 Å². The number of fused-ring (bicyclic) bond motifs is 3. The van der Waals surface area contributed by atoms with Crippen molar-refractivity contribution in [2.45, 2.75) is 98.2 Å². The lowest BCUT2D eigenvalue weighted by molar-refractivity contribution is 0.232. The molecule has 0 bridgehead atoms. The summed E-state index contributed by atoms with van der Waals surface area (Å²) in [5.41, 5.74) is 11.2. The Hall–Kier alpha value is -2.94. The van der Waals surface area contributed by atoms with Gasteiger partial charge in [0, 0.05) is 27.4 Å². The van der Waals surface area contributed by atoms with Crippen LogP contribution in [0.25, 0.3) is 21.8 Å². The lowest BCUT2D eigenvalue weighted by Crippen LogP contribution is -2.52. The van der Waals surface area contributed by atoms with Crippen molar-refractivity contribution in [3.8, 4) is 0 Å². The molecule has 5 rings (SSSR count). The topological polar surface area (TPSA) is 20.2 Å². The van der Waals surface area contributed by atoms with Gasteiger partial charge in [-0.2, -0.15) is 0 Å². The molecule has 0 spiro atoms. The lowest BCUT2D eigenvalue weighted by atomic mass is 9.76. The molecule has 1 N–H and O–H groups in total. The van der Waals surface area contributed by atoms with Gasteiger partial charge in [-0.1, -0.05) is 96.1 Å². The van der Waals surface area contributed by atoms with Gasteiger partial charge in [0.1, 0.15) is 6.17 Å². The Bertz CT molecular complexity index is 1320. The average Bonchev–Trinajstić information content (AvgIpc) is 3.32. The Morgan fingerprint density at radius 1 is 0.757 bits per heavy atom. The molecule has 0 saturated carbocycles. The SMILES string of the molecule is CCC1(CC)CC(C)(C)N(c2c(C(C)C)cccc2C(C)C)C1Nn1c2ccccc2c2ccccc21. The molecule has 2 heterocycles. The first-order valence-electron chi connectivity index (χ1n) is 14.3.